The van der Waals surface area contributed by atoms with Gasteiger partial charge in [0, 0.05) is 29.9 Å². The number of hydrogen-bond acceptors (Lipinski definition) is 3. The van der Waals surface area contributed by atoms with Crippen LogP contribution >= 0.6 is 0 Å². The van der Waals surface area contributed by atoms with E-state index in [0.29, 0.717) is 18.0 Å². The van der Waals surface area contributed by atoms with Gasteiger partial charge in [0.05, 0.1) is 11.6 Å². The van der Waals surface area contributed by atoms with Crippen molar-refractivity contribution in [1.29, 1.82) is 0 Å². The summed E-state index contributed by atoms with van der Waals surface area (Å²) < 4.78 is 13.2. The highest BCUT2D eigenvalue weighted by atomic mass is 19.1. The van der Waals surface area contributed by atoms with Gasteiger partial charge in [0.25, 0.3) is 0 Å². The first kappa shape index (κ1) is 13.3. The van der Waals surface area contributed by atoms with E-state index in [4.69, 9.17) is 0 Å². The zero-order valence-electron chi connectivity index (χ0n) is 11.3. The molecular formula is C16H19FN2O. The Labute approximate surface area is 117 Å². The third kappa shape index (κ3) is 2.75. The van der Waals surface area contributed by atoms with Crippen molar-refractivity contribution in [1.82, 2.24) is 4.98 Å². The van der Waals surface area contributed by atoms with E-state index in [0.717, 1.165) is 23.9 Å². The highest BCUT2D eigenvalue weighted by molar-refractivity contribution is 5.90. The molecule has 0 radical (unpaired) electrons. The van der Waals surface area contributed by atoms with Gasteiger partial charge in [-0.25, -0.2) is 4.39 Å². The largest absolute Gasteiger partial charge is 0.391 e. The van der Waals surface area contributed by atoms with Gasteiger partial charge in [0.1, 0.15) is 5.82 Å². The van der Waals surface area contributed by atoms with Crippen LogP contribution < -0.4 is 5.32 Å². The maximum Gasteiger partial charge on any atom is 0.125 e. The fourth-order valence-corrected chi connectivity index (χ4v) is 3.00. The van der Waals surface area contributed by atoms with Crippen LogP contribution in [-0.2, 0) is 0 Å². The predicted molar refractivity (Wildman–Crippen MR) is 78.2 cm³/mol. The molecule has 4 heteroatoms. The van der Waals surface area contributed by atoms with Crippen LogP contribution in [0.4, 0.5) is 10.1 Å². The third-order valence-electron chi connectivity index (χ3n) is 4.15. The topological polar surface area (TPSA) is 45.1 Å². The first-order valence-corrected chi connectivity index (χ1v) is 7.20. The molecule has 20 heavy (non-hydrogen) atoms. The fraction of sp³-hybridized carbons (Fsp3) is 0.438. The van der Waals surface area contributed by atoms with E-state index >= 15 is 0 Å². The van der Waals surface area contributed by atoms with Gasteiger partial charge in [-0.3, -0.25) is 4.98 Å². The van der Waals surface area contributed by atoms with Gasteiger partial charge < -0.3 is 10.4 Å². The van der Waals surface area contributed by atoms with Crippen LogP contribution in [-0.4, -0.2) is 22.7 Å². The number of hydrogen-bond donors (Lipinski definition) is 2. The molecule has 0 saturated heterocycles. The number of pyridine rings is 1. The molecule has 1 unspecified atom stereocenters. The number of rotatable bonds is 4. The minimum absolute atomic E-state index is 0.284. The number of aromatic nitrogens is 1. The highest BCUT2D eigenvalue weighted by Crippen LogP contribution is 2.28. The van der Waals surface area contributed by atoms with Gasteiger partial charge in [-0.2, -0.15) is 0 Å². The van der Waals surface area contributed by atoms with Gasteiger partial charge in [-0.15, -0.1) is 0 Å². The first-order valence-electron chi connectivity index (χ1n) is 7.20. The lowest BCUT2D eigenvalue weighted by atomic mass is 10.0. The Morgan fingerprint density at radius 3 is 2.90 bits per heavy atom. The van der Waals surface area contributed by atoms with E-state index in [1.807, 2.05) is 6.07 Å². The molecule has 1 aromatic carbocycles. The van der Waals surface area contributed by atoms with Crippen LogP contribution in [0.3, 0.4) is 0 Å². The number of nitrogens with one attached hydrogen (secondary N) is 1. The molecule has 106 valence electrons. The highest BCUT2D eigenvalue weighted by Gasteiger charge is 2.22. The first-order chi connectivity index (χ1) is 9.74. The van der Waals surface area contributed by atoms with E-state index in [2.05, 4.69) is 10.3 Å². The van der Waals surface area contributed by atoms with Crippen molar-refractivity contribution < 1.29 is 9.50 Å². The zero-order valence-corrected chi connectivity index (χ0v) is 11.3. The van der Waals surface area contributed by atoms with E-state index in [-0.39, 0.29) is 11.9 Å². The van der Waals surface area contributed by atoms with Crippen molar-refractivity contribution in [2.75, 3.05) is 11.9 Å². The maximum atomic E-state index is 13.2. The lowest BCUT2D eigenvalue weighted by Gasteiger charge is -2.19. The molecule has 2 aromatic rings. The SMILES string of the molecule is OC(CNc1ccnc2cc(F)ccc12)C1CCCC1. The second-order valence-electron chi connectivity index (χ2n) is 5.51. The molecule has 2 N–H and O–H groups in total. The molecule has 0 spiro atoms. The number of aliphatic hydroxyl groups excluding tert-OH is 1. The quantitative estimate of drug-likeness (QED) is 0.898. The molecule has 1 aliphatic rings. The normalized spacial score (nSPS) is 17.5. The Balaban J connectivity index is 1.74. The zero-order chi connectivity index (χ0) is 13.9. The van der Waals surface area contributed by atoms with Crippen LogP contribution in [0.15, 0.2) is 30.5 Å². The van der Waals surface area contributed by atoms with Crippen molar-refractivity contribution in [3.05, 3.63) is 36.3 Å². The van der Waals surface area contributed by atoms with Crippen LogP contribution in [0.25, 0.3) is 10.9 Å². The minimum atomic E-state index is -0.318. The number of fused-ring (bicyclic) bond motifs is 1. The van der Waals surface area contributed by atoms with Crippen LogP contribution in [0.5, 0.6) is 0 Å². The fourth-order valence-electron chi connectivity index (χ4n) is 3.00. The van der Waals surface area contributed by atoms with Gasteiger partial charge >= 0.3 is 0 Å². The summed E-state index contributed by atoms with van der Waals surface area (Å²) in [6, 6.07) is 6.44. The average Bonchev–Trinajstić information content (AvgIpc) is 2.98. The maximum absolute atomic E-state index is 13.2. The van der Waals surface area contributed by atoms with Gasteiger partial charge in [0.2, 0.25) is 0 Å². The average molecular weight is 274 g/mol. The lowest BCUT2D eigenvalue weighted by molar-refractivity contribution is 0.123. The van der Waals surface area contributed by atoms with Crippen molar-refractivity contribution in [3.63, 3.8) is 0 Å². The van der Waals surface area contributed by atoms with Crippen LogP contribution in [0.1, 0.15) is 25.7 Å². The standard InChI is InChI=1S/C16H19FN2O/c17-12-5-6-13-14(7-8-18-15(13)9-12)19-10-16(20)11-3-1-2-4-11/h5-9,11,16,20H,1-4,10H2,(H,18,19). The lowest BCUT2D eigenvalue weighted by Crippen LogP contribution is -2.26. The Morgan fingerprint density at radius 1 is 1.30 bits per heavy atom. The molecule has 3 rings (SSSR count). The summed E-state index contributed by atoms with van der Waals surface area (Å²) in [5, 5.41) is 14.3. The molecule has 3 nitrogen and oxygen atoms in total. The van der Waals surface area contributed by atoms with Crippen LogP contribution in [0, 0.1) is 11.7 Å². The summed E-state index contributed by atoms with van der Waals surface area (Å²) in [5.41, 5.74) is 1.53. The molecule has 1 atom stereocenters. The Bertz CT molecular complexity index is 596. The van der Waals surface area contributed by atoms with E-state index in [1.54, 1.807) is 12.3 Å². The van der Waals surface area contributed by atoms with E-state index in [9.17, 15) is 9.50 Å². The van der Waals surface area contributed by atoms with Crippen molar-refractivity contribution >= 4 is 16.6 Å². The van der Waals surface area contributed by atoms with Gasteiger partial charge in [0.15, 0.2) is 0 Å². The van der Waals surface area contributed by atoms with Crippen LogP contribution in [0.2, 0.25) is 0 Å². The van der Waals surface area contributed by atoms with E-state index < -0.39 is 0 Å². The number of benzene rings is 1. The Kier molecular flexibility index (Phi) is 3.83. The number of halogens is 1. The van der Waals surface area contributed by atoms with Crippen molar-refractivity contribution in [2.24, 2.45) is 5.92 Å². The molecule has 1 aromatic heterocycles. The summed E-state index contributed by atoms with van der Waals surface area (Å²) in [6.45, 7) is 0.529. The van der Waals surface area contributed by atoms with Gasteiger partial charge in [-0.1, -0.05) is 12.8 Å². The molecule has 1 saturated carbocycles. The smallest absolute Gasteiger partial charge is 0.125 e. The summed E-state index contributed by atoms with van der Waals surface area (Å²) in [6.07, 6.45) is 6.02. The van der Waals surface area contributed by atoms with Gasteiger partial charge in [-0.05, 0) is 37.0 Å². The second kappa shape index (κ2) is 5.75. The summed E-state index contributed by atoms with van der Waals surface area (Å²) in [7, 11) is 0. The minimum Gasteiger partial charge on any atom is -0.391 e. The van der Waals surface area contributed by atoms with Crippen molar-refractivity contribution in [3.8, 4) is 0 Å². The molecule has 1 fully saturated rings. The Hall–Kier alpha value is -1.68. The summed E-state index contributed by atoms with van der Waals surface area (Å²) in [5.74, 6) is 0.126. The van der Waals surface area contributed by atoms with Crippen molar-refractivity contribution in [2.45, 2.75) is 31.8 Å². The monoisotopic (exact) mass is 274 g/mol. The Morgan fingerprint density at radius 2 is 2.10 bits per heavy atom. The second-order valence-corrected chi connectivity index (χ2v) is 5.51. The summed E-state index contributed by atoms with van der Waals surface area (Å²) in [4.78, 5) is 4.16. The molecule has 1 aliphatic carbocycles. The number of aliphatic hydroxyl groups is 1. The molecular weight excluding hydrogens is 255 g/mol. The third-order valence-corrected chi connectivity index (χ3v) is 4.15. The van der Waals surface area contributed by atoms with E-state index in [1.165, 1.54) is 25.0 Å². The summed E-state index contributed by atoms with van der Waals surface area (Å²) >= 11 is 0. The molecule has 0 amide bonds. The molecule has 0 bridgehead atoms. The molecule has 0 aliphatic heterocycles. The predicted octanol–water partition coefficient (Wildman–Crippen LogP) is 3.34. The molecule has 1 heterocycles. The number of anilines is 1. The number of nitrogens with zero attached hydrogens (tertiary/aromatic N) is 1.